The molecule has 0 spiro atoms. The second-order valence-corrected chi connectivity index (χ2v) is 10.8. The lowest BCUT2D eigenvalue weighted by atomic mass is 9.95. The van der Waals surface area contributed by atoms with Gasteiger partial charge in [0.1, 0.15) is 0 Å². The van der Waals surface area contributed by atoms with E-state index in [1.807, 2.05) is 4.90 Å². The summed E-state index contributed by atoms with van der Waals surface area (Å²) in [5, 5.41) is 3.91. The van der Waals surface area contributed by atoms with Crippen molar-refractivity contribution in [3.63, 3.8) is 0 Å². The van der Waals surface area contributed by atoms with Gasteiger partial charge in [-0.25, -0.2) is 0 Å². The van der Waals surface area contributed by atoms with Crippen LogP contribution >= 0.6 is 11.6 Å². The molecule has 34 heavy (non-hydrogen) atoms. The number of nitrogens with zero attached hydrogens (tertiary/aromatic N) is 3. The maximum absolute atomic E-state index is 13.4. The molecule has 2 amide bonds. The van der Waals surface area contributed by atoms with Crippen LogP contribution in [0.3, 0.4) is 0 Å². The number of piperidine rings is 1. The van der Waals surface area contributed by atoms with Gasteiger partial charge in [0.05, 0.1) is 6.04 Å². The molecule has 4 rings (SSSR count). The average molecular weight is 489 g/mol. The molecule has 7 heteroatoms. The number of amides is 2. The number of piperazine rings is 1. The quantitative estimate of drug-likeness (QED) is 0.561. The summed E-state index contributed by atoms with van der Waals surface area (Å²) in [6.45, 7) is 8.15. The average Bonchev–Trinajstić information content (AvgIpc) is 3.38. The summed E-state index contributed by atoms with van der Waals surface area (Å²) in [5.41, 5.74) is 0.672. The highest BCUT2D eigenvalue weighted by molar-refractivity contribution is 6.30. The summed E-state index contributed by atoms with van der Waals surface area (Å²) >= 11 is 5.97. The Hall–Kier alpha value is -1.63. The molecule has 1 aromatic carbocycles. The Morgan fingerprint density at radius 1 is 0.971 bits per heavy atom. The van der Waals surface area contributed by atoms with Gasteiger partial charge in [0.2, 0.25) is 5.91 Å². The molecule has 6 nitrogen and oxygen atoms in total. The minimum absolute atomic E-state index is 0.0464. The zero-order valence-corrected chi connectivity index (χ0v) is 21.4. The highest BCUT2D eigenvalue weighted by Crippen LogP contribution is 2.31. The molecular formula is C27H41ClN4O2. The van der Waals surface area contributed by atoms with Gasteiger partial charge in [-0.15, -0.1) is 0 Å². The minimum Gasteiger partial charge on any atom is -0.355 e. The Bertz CT molecular complexity index is 803. The summed E-state index contributed by atoms with van der Waals surface area (Å²) in [7, 11) is 0. The monoisotopic (exact) mass is 488 g/mol. The normalized spacial score (nSPS) is 23.7. The van der Waals surface area contributed by atoms with Gasteiger partial charge in [0, 0.05) is 55.9 Å². The maximum Gasteiger partial charge on any atom is 0.253 e. The fourth-order valence-corrected chi connectivity index (χ4v) is 6.14. The van der Waals surface area contributed by atoms with E-state index < -0.39 is 0 Å². The molecule has 0 radical (unpaired) electrons. The van der Waals surface area contributed by atoms with Crippen LogP contribution in [0.15, 0.2) is 24.3 Å². The first kappa shape index (κ1) is 25.5. The number of halogens is 1. The van der Waals surface area contributed by atoms with Gasteiger partial charge in [-0.1, -0.05) is 30.9 Å². The van der Waals surface area contributed by atoms with Crippen molar-refractivity contribution < 1.29 is 9.59 Å². The number of likely N-dealkylation sites (tertiary alicyclic amines) is 1. The Kier molecular flexibility index (Phi) is 9.26. The fraction of sp³-hybridized carbons (Fsp3) is 0.704. The van der Waals surface area contributed by atoms with E-state index in [1.165, 1.54) is 38.6 Å². The zero-order chi connectivity index (χ0) is 23.9. The molecule has 2 atom stereocenters. The largest absolute Gasteiger partial charge is 0.355 e. The second kappa shape index (κ2) is 12.4. The molecule has 3 aliphatic rings. The first-order valence-corrected chi connectivity index (χ1v) is 13.7. The van der Waals surface area contributed by atoms with Gasteiger partial charge in [0.25, 0.3) is 5.91 Å². The number of rotatable bonds is 8. The minimum atomic E-state index is -0.0656. The van der Waals surface area contributed by atoms with E-state index in [-0.39, 0.29) is 17.9 Å². The SMILES string of the molecule is C[C@@H]1CCCCN1CCCNC(=O)[C@@H](C1CCCC1)N1CCN(C(=O)c2ccc(Cl)cc2)CC1. The third kappa shape index (κ3) is 6.52. The summed E-state index contributed by atoms with van der Waals surface area (Å²) in [6, 6.07) is 7.70. The van der Waals surface area contributed by atoms with Crippen LogP contribution in [-0.4, -0.2) is 84.4 Å². The lowest BCUT2D eigenvalue weighted by molar-refractivity contribution is -0.129. The summed E-state index contributed by atoms with van der Waals surface area (Å²) in [6.07, 6.45) is 9.65. The van der Waals surface area contributed by atoms with Crippen molar-refractivity contribution >= 4 is 23.4 Å². The van der Waals surface area contributed by atoms with Crippen LogP contribution in [0.2, 0.25) is 5.02 Å². The standard InChI is InChI=1S/C27H41ClN4O2/c1-21-7-4-5-15-30(21)16-6-14-29-26(33)25(22-8-2-3-9-22)31-17-19-32(20-18-31)27(34)23-10-12-24(28)13-11-23/h10-13,21-22,25H,2-9,14-20H2,1H3,(H,29,33)/t21-,25-/m1/s1. The van der Waals surface area contributed by atoms with Crippen LogP contribution < -0.4 is 5.32 Å². The van der Waals surface area contributed by atoms with Crippen molar-refractivity contribution in [2.45, 2.75) is 70.4 Å². The van der Waals surface area contributed by atoms with Gasteiger partial charge < -0.3 is 15.1 Å². The molecule has 0 aromatic heterocycles. The molecule has 1 N–H and O–H groups in total. The van der Waals surface area contributed by atoms with E-state index in [1.54, 1.807) is 24.3 Å². The van der Waals surface area contributed by atoms with E-state index in [4.69, 9.17) is 11.6 Å². The van der Waals surface area contributed by atoms with Crippen molar-refractivity contribution in [1.29, 1.82) is 0 Å². The first-order chi connectivity index (χ1) is 16.5. The molecule has 0 unspecified atom stereocenters. The lowest BCUT2D eigenvalue weighted by Crippen LogP contribution is -2.58. The number of hydrogen-bond acceptors (Lipinski definition) is 4. The lowest BCUT2D eigenvalue weighted by Gasteiger charge is -2.41. The maximum atomic E-state index is 13.4. The third-order valence-electron chi connectivity index (χ3n) is 8.06. The zero-order valence-electron chi connectivity index (χ0n) is 20.7. The summed E-state index contributed by atoms with van der Waals surface area (Å²) in [5.74, 6) is 0.668. The fourth-order valence-electron chi connectivity index (χ4n) is 6.02. The van der Waals surface area contributed by atoms with Gasteiger partial charge in [0.15, 0.2) is 0 Å². The smallest absolute Gasteiger partial charge is 0.253 e. The number of carbonyl (C=O) groups excluding carboxylic acids is 2. The van der Waals surface area contributed by atoms with Gasteiger partial charge in [-0.2, -0.15) is 0 Å². The van der Waals surface area contributed by atoms with E-state index in [2.05, 4.69) is 22.0 Å². The van der Waals surface area contributed by atoms with E-state index in [0.717, 1.165) is 45.4 Å². The van der Waals surface area contributed by atoms with E-state index in [9.17, 15) is 9.59 Å². The Morgan fingerprint density at radius 2 is 1.65 bits per heavy atom. The molecule has 2 saturated heterocycles. The third-order valence-corrected chi connectivity index (χ3v) is 8.31. The topological polar surface area (TPSA) is 55.9 Å². The van der Waals surface area contributed by atoms with Crippen molar-refractivity contribution in [2.75, 3.05) is 45.8 Å². The van der Waals surface area contributed by atoms with Gasteiger partial charge >= 0.3 is 0 Å². The number of benzene rings is 1. The number of nitrogens with one attached hydrogen (secondary N) is 1. The summed E-state index contributed by atoms with van der Waals surface area (Å²) < 4.78 is 0. The van der Waals surface area contributed by atoms with E-state index in [0.29, 0.717) is 35.6 Å². The second-order valence-electron chi connectivity index (χ2n) is 10.3. The Labute approximate surface area is 210 Å². The first-order valence-electron chi connectivity index (χ1n) is 13.3. The molecule has 2 heterocycles. The van der Waals surface area contributed by atoms with Crippen molar-refractivity contribution in [3.8, 4) is 0 Å². The number of carbonyl (C=O) groups is 2. The van der Waals surface area contributed by atoms with Gasteiger partial charge in [-0.3, -0.25) is 14.5 Å². The number of hydrogen-bond donors (Lipinski definition) is 1. The van der Waals surface area contributed by atoms with Crippen molar-refractivity contribution in [3.05, 3.63) is 34.9 Å². The highest BCUT2D eigenvalue weighted by Gasteiger charge is 2.37. The predicted octanol–water partition coefficient (Wildman–Crippen LogP) is 4.04. The molecule has 0 bridgehead atoms. The molecular weight excluding hydrogens is 448 g/mol. The highest BCUT2D eigenvalue weighted by atomic mass is 35.5. The van der Waals surface area contributed by atoms with Crippen molar-refractivity contribution in [1.82, 2.24) is 20.0 Å². The van der Waals surface area contributed by atoms with Crippen LogP contribution in [0.4, 0.5) is 0 Å². The van der Waals surface area contributed by atoms with Crippen LogP contribution in [0, 0.1) is 5.92 Å². The molecule has 188 valence electrons. The Morgan fingerprint density at radius 3 is 2.32 bits per heavy atom. The molecule has 2 aliphatic heterocycles. The molecule has 1 saturated carbocycles. The molecule has 1 aromatic rings. The molecule has 3 fully saturated rings. The molecule has 1 aliphatic carbocycles. The van der Waals surface area contributed by atoms with Crippen molar-refractivity contribution in [2.24, 2.45) is 5.92 Å². The van der Waals surface area contributed by atoms with Crippen LogP contribution in [-0.2, 0) is 4.79 Å². The van der Waals surface area contributed by atoms with E-state index >= 15 is 0 Å². The summed E-state index contributed by atoms with van der Waals surface area (Å²) in [4.78, 5) is 33.1. The van der Waals surface area contributed by atoms with Gasteiger partial charge in [-0.05, 0) is 75.8 Å². The predicted molar refractivity (Wildman–Crippen MR) is 137 cm³/mol. The van der Waals surface area contributed by atoms with Crippen LogP contribution in [0.25, 0.3) is 0 Å². The van der Waals surface area contributed by atoms with Crippen LogP contribution in [0.5, 0.6) is 0 Å². The Balaban J connectivity index is 1.28. The van der Waals surface area contributed by atoms with Crippen LogP contribution in [0.1, 0.15) is 68.6 Å².